The number of hydrogen-bond acceptors (Lipinski definition) is 7. The van der Waals surface area contributed by atoms with Gasteiger partial charge in [-0.25, -0.2) is 0 Å². The molecule has 2 N–H and O–H groups in total. The van der Waals surface area contributed by atoms with E-state index < -0.39 is 5.54 Å². The molecule has 0 unspecified atom stereocenters. The van der Waals surface area contributed by atoms with Crippen LogP contribution in [0.2, 0.25) is 0 Å². The van der Waals surface area contributed by atoms with Gasteiger partial charge in [0.2, 0.25) is 11.0 Å². The van der Waals surface area contributed by atoms with Gasteiger partial charge in [0.05, 0.1) is 0 Å². The molecular weight excluding hydrogens is 368 g/mol. The van der Waals surface area contributed by atoms with E-state index in [4.69, 9.17) is 0 Å². The molecule has 0 aliphatic carbocycles. The molecule has 0 spiro atoms. The Balaban J connectivity index is 1.76. The van der Waals surface area contributed by atoms with Crippen LogP contribution in [-0.2, 0) is 9.59 Å². The molecule has 0 radical (unpaired) electrons. The molecular formula is C18H24N4O2S2. The van der Waals surface area contributed by atoms with Crippen LogP contribution in [0.4, 0.5) is 10.8 Å². The van der Waals surface area contributed by atoms with Crippen LogP contribution in [0.3, 0.4) is 0 Å². The number of benzene rings is 1. The molecule has 2 rings (SSSR count). The van der Waals surface area contributed by atoms with E-state index in [1.54, 1.807) is 0 Å². The third kappa shape index (κ3) is 7.13. The SMILES string of the molecule is CC(=O)CC(C)(C)NC(=O)CCSc1nnc(Nc2ccc(C)cc2)s1. The van der Waals surface area contributed by atoms with E-state index in [1.165, 1.54) is 35.6 Å². The van der Waals surface area contributed by atoms with E-state index in [2.05, 4.69) is 20.8 Å². The lowest BCUT2D eigenvalue weighted by atomic mass is 9.98. The number of aromatic nitrogens is 2. The number of amides is 1. The Kier molecular flexibility index (Phi) is 7.16. The van der Waals surface area contributed by atoms with Crippen molar-refractivity contribution in [2.45, 2.75) is 50.4 Å². The van der Waals surface area contributed by atoms with Gasteiger partial charge in [0.15, 0.2) is 4.34 Å². The van der Waals surface area contributed by atoms with Gasteiger partial charge in [-0.05, 0) is 39.8 Å². The van der Waals surface area contributed by atoms with Crippen molar-refractivity contribution < 1.29 is 9.59 Å². The predicted octanol–water partition coefficient (Wildman–Crippen LogP) is 3.95. The number of rotatable bonds is 9. The fraction of sp³-hybridized carbons (Fsp3) is 0.444. The lowest BCUT2D eigenvalue weighted by Gasteiger charge is -2.24. The number of nitrogens with one attached hydrogen (secondary N) is 2. The molecule has 140 valence electrons. The van der Waals surface area contributed by atoms with Crippen LogP contribution in [0.25, 0.3) is 0 Å². The number of anilines is 2. The van der Waals surface area contributed by atoms with Gasteiger partial charge in [-0.2, -0.15) is 0 Å². The first kappa shape index (κ1) is 20.4. The lowest BCUT2D eigenvalue weighted by molar-refractivity contribution is -0.123. The van der Waals surface area contributed by atoms with Gasteiger partial charge < -0.3 is 10.6 Å². The Morgan fingerprint density at radius 3 is 2.54 bits per heavy atom. The summed E-state index contributed by atoms with van der Waals surface area (Å²) >= 11 is 2.96. The monoisotopic (exact) mass is 392 g/mol. The fourth-order valence-corrected chi connectivity index (χ4v) is 4.20. The third-order valence-electron chi connectivity index (χ3n) is 3.43. The summed E-state index contributed by atoms with van der Waals surface area (Å²) in [7, 11) is 0. The molecule has 1 aromatic carbocycles. The maximum absolute atomic E-state index is 12.0. The van der Waals surface area contributed by atoms with Gasteiger partial charge in [0.1, 0.15) is 5.78 Å². The second-order valence-electron chi connectivity index (χ2n) is 6.77. The molecule has 0 atom stereocenters. The molecule has 0 fully saturated rings. The molecule has 8 heteroatoms. The van der Waals surface area contributed by atoms with Crippen molar-refractivity contribution in [3.8, 4) is 0 Å². The number of carbonyl (C=O) groups is 2. The van der Waals surface area contributed by atoms with E-state index in [0.29, 0.717) is 18.6 Å². The highest BCUT2D eigenvalue weighted by atomic mass is 32.2. The van der Waals surface area contributed by atoms with Crippen molar-refractivity contribution in [3.05, 3.63) is 29.8 Å². The van der Waals surface area contributed by atoms with E-state index in [-0.39, 0.29) is 11.7 Å². The molecule has 6 nitrogen and oxygen atoms in total. The fourth-order valence-electron chi connectivity index (χ4n) is 2.42. The second-order valence-corrected chi connectivity index (χ2v) is 9.09. The van der Waals surface area contributed by atoms with Crippen molar-refractivity contribution in [2.24, 2.45) is 0 Å². The minimum absolute atomic E-state index is 0.0622. The smallest absolute Gasteiger partial charge is 0.221 e. The van der Waals surface area contributed by atoms with Crippen molar-refractivity contribution in [1.29, 1.82) is 0 Å². The number of Topliss-reactive ketones (excluding diaryl/α,β-unsaturated/α-hetero) is 1. The van der Waals surface area contributed by atoms with Crippen LogP contribution in [0, 0.1) is 6.92 Å². The molecule has 26 heavy (non-hydrogen) atoms. The maximum atomic E-state index is 12.0. The van der Waals surface area contributed by atoms with Crippen LogP contribution in [0.1, 0.15) is 39.2 Å². The zero-order chi connectivity index (χ0) is 19.2. The second kappa shape index (κ2) is 9.14. The van der Waals surface area contributed by atoms with E-state index in [1.807, 2.05) is 45.0 Å². The average Bonchev–Trinajstić information content (AvgIpc) is 2.95. The molecule has 1 heterocycles. The van der Waals surface area contributed by atoms with Crippen LogP contribution in [0.15, 0.2) is 28.6 Å². The first-order valence-corrected chi connectivity index (χ1v) is 10.1. The van der Waals surface area contributed by atoms with Gasteiger partial charge in [0, 0.05) is 29.8 Å². The largest absolute Gasteiger partial charge is 0.351 e. The van der Waals surface area contributed by atoms with Gasteiger partial charge in [0.25, 0.3) is 0 Å². The van der Waals surface area contributed by atoms with E-state index in [9.17, 15) is 9.59 Å². The minimum Gasteiger partial charge on any atom is -0.351 e. The average molecular weight is 393 g/mol. The number of hydrogen-bond donors (Lipinski definition) is 2. The molecule has 1 aromatic heterocycles. The van der Waals surface area contributed by atoms with E-state index in [0.717, 1.165) is 15.2 Å². The third-order valence-corrected chi connectivity index (χ3v) is 5.41. The van der Waals surface area contributed by atoms with Crippen LogP contribution < -0.4 is 10.6 Å². The number of aryl methyl sites for hydroxylation is 1. The van der Waals surface area contributed by atoms with Crippen LogP contribution in [-0.4, -0.2) is 33.2 Å². The summed E-state index contributed by atoms with van der Waals surface area (Å²) in [6.07, 6.45) is 0.697. The summed E-state index contributed by atoms with van der Waals surface area (Å²) in [5, 5.41) is 15.1. The minimum atomic E-state index is -0.512. The zero-order valence-corrected chi connectivity index (χ0v) is 17.1. The van der Waals surface area contributed by atoms with Gasteiger partial charge in [-0.3, -0.25) is 9.59 Å². The van der Waals surface area contributed by atoms with Crippen molar-refractivity contribution in [2.75, 3.05) is 11.1 Å². The van der Waals surface area contributed by atoms with Crippen LogP contribution in [0.5, 0.6) is 0 Å². The first-order valence-electron chi connectivity index (χ1n) is 8.34. The quantitative estimate of drug-likeness (QED) is 0.629. The molecule has 0 aliphatic heterocycles. The summed E-state index contributed by atoms with van der Waals surface area (Å²) in [4.78, 5) is 23.2. The maximum Gasteiger partial charge on any atom is 0.221 e. The van der Waals surface area contributed by atoms with Crippen molar-refractivity contribution in [1.82, 2.24) is 15.5 Å². The highest BCUT2D eigenvalue weighted by Gasteiger charge is 2.22. The van der Waals surface area contributed by atoms with Gasteiger partial charge >= 0.3 is 0 Å². The topological polar surface area (TPSA) is 84.0 Å². The Bertz CT molecular complexity index is 757. The van der Waals surface area contributed by atoms with E-state index >= 15 is 0 Å². The number of ketones is 1. The number of thioether (sulfide) groups is 1. The van der Waals surface area contributed by atoms with Crippen molar-refractivity contribution in [3.63, 3.8) is 0 Å². The number of nitrogens with zero attached hydrogens (tertiary/aromatic N) is 2. The molecule has 1 amide bonds. The summed E-state index contributed by atoms with van der Waals surface area (Å²) in [6.45, 7) is 7.28. The Hall–Kier alpha value is -1.93. The van der Waals surface area contributed by atoms with Gasteiger partial charge in [-0.15, -0.1) is 10.2 Å². The summed E-state index contributed by atoms with van der Waals surface area (Å²) in [6, 6.07) is 8.06. The summed E-state index contributed by atoms with van der Waals surface area (Å²) in [5.74, 6) is 0.611. The Labute approximate surface area is 162 Å². The highest BCUT2D eigenvalue weighted by Crippen LogP contribution is 2.28. The lowest BCUT2D eigenvalue weighted by Crippen LogP contribution is -2.44. The molecule has 0 aliphatic rings. The highest BCUT2D eigenvalue weighted by molar-refractivity contribution is 8.01. The molecule has 0 saturated heterocycles. The van der Waals surface area contributed by atoms with Crippen LogP contribution >= 0.6 is 23.1 Å². The summed E-state index contributed by atoms with van der Waals surface area (Å²) in [5.41, 5.74) is 1.66. The van der Waals surface area contributed by atoms with Crippen molar-refractivity contribution >= 4 is 45.6 Å². The predicted molar refractivity (Wildman–Crippen MR) is 107 cm³/mol. The Morgan fingerprint density at radius 1 is 1.19 bits per heavy atom. The zero-order valence-electron chi connectivity index (χ0n) is 15.5. The standard InChI is InChI=1S/C18H24N4O2S2/c1-12-5-7-14(8-6-12)19-16-21-22-17(26-16)25-10-9-15(24)20-18(3,4)11-13(2)23/h5-8H,9-11H2,1-4H3,(H,19,21)(H,20,24). The van der Waals surface area contributed by atoms with Gasteiger partial charge in [-0.1, -0.05) is 40.8 Å². The molecule has 0 bridgehead atoms. The normalized spacial score (nSPS) is 11.2. The molecule has 2 aromatic rings. The Morgan fingerprint density at radius 2 is 1.88 bits per heavy atom. The number of carbonyl (C=O) groups excluding carboxylic acids is 2. The first-order chi connectivity index (χ1) is 12.2. The molecule has 0 saturated carbocycles. The summed E-state index contributed by atoms with van der Waals surface area (Å²) < 4.78 is 0.815.